The van der Waals surface area contributed by atoms with Gasteiger partial charge < -0.3 is 45.5 Å². The van der Waals surface area contributed by atoms with Gasteiger partial charge in [-0.2, -0.15) is 18.3 Å². The Morgan fingerprint density at radius 2 is 1.59 bits per heavy atom. The number of amides is 4. The Kier molecular flexibility index (Phi) is 18.5. The van der Waals surface area contributed by atoms with Crippen LogP contribution in [0.15, 0.2) is 108 Å². The quantitative estimate of drug-likeness (QED) is 0.0365. The number of ether oxygens (including phenoxy) is 1. The molecule has 7 aromatic rings. The van der Waals surface area contributed by atoms with Gasteiger partial charge in [0.1, 0.15) is 17.8 Å². The molecule has 0 aliphatic carbocycles. The van der Waals surface area contributed by atoms with Crippen LogP contribution in [-0.2, 0) is 41.1 Å². The number of anilines is 2. The second-order valence-corrected chi connectivity index (χ2v) is 21.6. The van der Waals surface area contributed by atoms with Crippen molar-refractivity contribution in [2.24, 2.45) is 7.05 Å². The lowest BCUT2D eigenvalue weighted by Gasteiger charge is -2.38. The van der Waals surface area contributed by atoms with Crippen LogP contribution in [0.3, 0.4) is 0 Å². The summed E-state index contributed by atoms with van der Waals surface area (Å²) in [4.78, 5) is 73.3. The van der Waals surface area contributed by atoms with E-state index in [1.54, 1.807) is 53.0 Å². The molecule has 5 N–H and O–H groups in total. The monoisotopic (exact) mass is 1140 g/mol. The smallest absolute Gasteiger partial charge is 0.406 e. The van der Waals surface area contributed by atoms with Crippen molar-refractivity contribution >= 4 is 56.9 Å². The predicted molar refractivity (Wildman–Crippen MR) is 312 cm³/mol. The fourth-order valence-corrected chi connectivity index (χ4v) is 11.0. The number of aliphatic hydroxyl groups is 1. The zero-order valence-electron chi connectivity index (χ0n) is 47.2. The fraction of sp³-hybridized carbons (Fsp3) is 0.403. The Balaban J connectivity index is 0.701. The molecule has 9 rings (SSSR count). The van der Waals surface area contributed by atoms with Crippen molar-refractivity contribution in [3.63, 3.8) is 0 Å². The number of benzene rings is 4. The molecule has 18 nitrogen and oxygen atoms in total. The summed E-state index contributed by atoms with van der Waals surface area (Å²) < 4.78 is 51.4. The van der Waals surface area contributed by atoms with Gasteiger partial charge in [0.25, 0.3) is 11.5 Å². The third-order valence-corrected chi connectivity index (χ3v) is 15.7. The zero-order valence-corrected chi connectivity index (χ0v) is 47.2. The van der Waals surface area contributed by atoms with E-state index in [9.17, 15) is 42.3 Å². The molecule has 0 spiro atoms. The average molecular weight is 1140 g/mol. The molecular weight excluding hydrogens is 1070 g/mol. The lowest BCUT2D eigenvalue weighted by atomic mass is 9.90. The molecule has 1 atom stereocenters. The van der Waals surface area contributed by atoms with E-state index >= 15 is 0 Å². The Labute approximate surface area is 479 Å². The molecule has 4 aromatic carbocycles. The Hall–Kier alpha value is -8.64. The zero-order chi connectivity index (χ0) is 58.8. The first-order valence-corrected chi connectivity index (χ1v) is 28.1. The van der Waals surface area contributed by atoms with Gasteiger partial charge in [-0.25, -0.2) is 4.98 Å². The van der Waals surface area contributed by atoms with Crippen molar-refractivity contribution in [1.82, 2.24) is 44.3 Å². The summed E-state index contributed by atoms with van der Waals surface area (Å²) in [5, 5.41) is 28.8. The first-order valence-electron chi connectivity index (χ1n) is 28.1. The Bertz CT molecular complexity index is 3590. The van der Waals surface area contributed by atoms with E-state index in [2.05, 4.69) is 43.2 Å². The summed E-state index contributed by atoms with van der Waals surface area (Å²) >= 11 is 0. The molecule has 0 saturated carbocycles. The summed E-state index contributed by atoms with van der Waals surface area (Å²) in [6.07, 6.45) is 0.933. The van der Waals surface area contributed by atoms with E-state index < -0.39 is 18.3 Å². The van der Waals surface area contributed by atoms with Gasteiger partial charge in [0.2, 0.25) is 17.7 Å². The van der Waals surface area contributed by atoms with Crippen LogP contribution in [0, 0.1) is 11.8 Å². The van der Waals surface area contributed by atoms with Crippen molar-refractivity contribution < 1.29 is 42.2 Å². The number of aromatic nitrogens is 5. The standard InChI is InChI=1S/C62H70F3N11O7/c1-41(43-12-6-5-7-13-43)34-55(79)74-32-27-61(82,28-33-74)38-75-40-69-56-57(60(75)81)71-72(3)58(56)44-21-19-42(20-22-44)37-68-53(77)17-8-9-18-54(78)73-30-25-46(26-31-73)70-49-15-10-16-51-48(49)36-47(76(51)39-62(63,64)65)14-11-29-67-50-24-23-45(59(80)66-2)35-52(50)83-4/h5-7,10,12-13,15-16,19-24,35-36,40-41,46,67,70,82H,8-9,17-18,25-34,37-39H2,1-4H3,(H,66,80)(H,68,77)/t41-/m1/s1. The molecule has 0 bridgehead atoms. The van der Waals surface area contributed by atoms with Gasteiger partial charge in [-0.15, -0.1) is 0 Å². The minimum Gasteiger partial charge on any atom is -0.495 e. The average Bonchev–Trinajstić information content (AvgIpc) is 3.54. The third kappa shape index (κ3) is 14.5. The lowest BCUT2D eigenvalue weighted by Crippen LogP contribution is -2.49. The third-order valence-electron chi connectivity index (χ3n) is 15.7. The van der Waals surface area contributed by atoms with Crippen LogP contribution in [0.4, 0.5) is 24.5 Å². The number of halogens is 3. The van der Waals surface area contributed by atoms with E-state index in [1.807, 2.05) is 72.5 Å². The van der Waals surface area contributed by atoms with Gasteiger partial charge in [-0.05, 0) is 97.9 Å². The van der Waals surface area contributed by atoms with Gasteiger partial charge in [-0.3, -0.25) is 33.2 Å². The number of nitrogens with zero attached hydrogens (tertiary/aromatic N) is 7. The minimum atomic E-state index is -4.49. The topological polar surface area (TPSA) is 210 Å². The molecule has 2 aliphatic heterocycles. The van der Waals surface area contributed by atoms with Crippen LogP contribution in [0.5, 0.6) is 5.75 Å². The number of likely N-dealkylation sites (tertiary alicyclic amines) is 2. The number of carbonyl (C=O) groups excluding carboxylic acids is 4. The number of hydrogen-bond donors (Lipinski definition) is 5. The van der Waals surface area contributed by atoms with E-state index in [0.717, 1.165) is 16.7 Å². The highest BCUT2D eigenvalue weighted by Crippen LogP contribution is 2.33. The summed E-state index contributed by atoms with van der Waals surface area (Å²) in [7, 11) is 4.74. The van der Waals surface area contributed by atoms with E-state index in [4.69, 9.17) is 4.74 Å². The Morgan fingerprint density at radius 1 is 0.867 bits per heavy atom. The number of unbranched alkanes of at least 4 members (excludes halogenated alkanes) is 1. The molecule has 3 aromatic heterocycles. The van der Waals surface area contributed by atoms with E-state index in [1.165, 1.54) is 29.6 Å². The predicted octanol–water partition coefficient (Wildman–Crippen LogP) is 7.97. The first kappa shape index (κ1) is 59.0. The van der Waals surface area contributed by atoms with Crippen molar-refractivity contribution in [1.29, 1.82) is 0 Å². The highest BCUT2D eigenvalue weighted by Gasteiger charge is 2.36. The molecule has 2 fully saturated rings. The molecular formula is C62H70F3N11O7. The van der Waals surface area contributed by atoms with Crippen molar-refractivity contribution in [3.8, 4) is 28.8 Å². The summed E-state index contributed by atoms with van der Waals surface area (Å²) in [6.45, 7) is 3.07. The van der Waals surface area contributed by atoms with Crippen LogP contribution >= 0.6 is 0 Å². The molecule has 5 heterocycles. The molecule has 436 valence electrons. The molecule has 2 aliphatic rings. The van der Waals surface area contributed by atoms with Crippen LogP contribution in [-0.4, -0.2) is 127 Å². The summed E-state index contributed by atoms with van der Waals surface area (Å²) in [6, 6.07) is 29.2. The lowest BCUT2D eigenvalue weighted by molar-refractivity contribution is -0.140. The number of rotatable bonds is 20. The molecule has 2 saturated heterocycles. The number of fused-ring (bicyclic) bond motifs is 2. The molecule has 4 amide bonds. The summed E-state index contributed by atoms with van der Waals surface area (Å²) in [5.74, 6) is 5.99. The minimum absolute atomic E-state index is 0.0132. The highest BCUT2D eigenvalue weighted by atomic mass is 19.4. The highest BCUT2D eigenvalue weighted by molar-refractivity contribution is 5.96. The van der Waals surface area contributed by atoms with Gasteiger partial charge in [-0.1, -0.05) is 73.5 Å². The van der Waals surface area contributed by atoms with Crippen LogP contribution in [0.1, 0.15) is 97.8 Å². The Morgan fingerprint density at radius 3 is 2.30 bits per heavy atom. The maximum Gasteiger partial charge on any atom is 0.406 e. The molecule has 21 heteroatoms. The summed E-state index contributed by atoms with van der Waals surface area (Å²) in [5.41, 5.74) is 4.70. The van der Waals surface area contributed by atoms with Crippen LogP contribution in [0.25, 0.3) is 33.2 Å². The second-order valence-electron chi connectivity index (χ2n) is 21.6. The van der Waals surface area contributed by atoms with Crippen molar-refractivity contribution in [2.75, 3.05) is 57.5 Å². The largest absolute Gasteiger partial charge is 0.495 e. The second kappa shape index (κ2) is 26.1. The number of aryl methyl sites for hydroxylation is 1. The van der Waals surface area contributed by atoms with Crippen LogP contribution < -0.4 is 31.6 Å². The van der Waals surface area contributed by atoms with Crippen LogP contribution in [0.2, 0.25) is 0 Å². The molecule has 0 unspecified atom stereocenters. The molecule has 0 radical (unpaired) electrons. The van der Waals surface area contributed by atoms with E-state index in [0.29, 0.717) is 129 Å². The number of methoxy groups -OCH3 is 1. The van der Waals surface area contributed by atoms with Gasteiger partial charge in [0.15, 0.2) is 5.52 Å². The number of piperidine rings is 2. The first-order chi connectivity index (χ1) is 39.9. The number of alkyl halides is 3. The van der Waals surface area contributed by atoms with E-state index in [-0.39, 0.29) is 71.9 Å². The number of hydrogen-bond acceptors (Lipinski definition) is 11. The van der Waals surface area contributed by atoms with Gasteiger partial charge >= 0.3 is 6.18 Å². The number of nitrogens with one attached hydrogen (secondary N) is 4. The van der Waals surface area contributed by atoms with Gasteiger partial charge in [0, 0.05) is 94.3 Å². The molecule has 83 heavy (non-hydrogen) atoms. The van der Waals surface area contributed by atoms with Crippen molar-refractivity contribution in [3.05, 3.63) is 136 Å². The normalized spacial score (nSPS) is 14.9. The number of carbonyl (C=O) groups is 4. The van der Waals surface area contributed by atoms with Gasteiger partial charge in [0.05, 0.1) is 54.7 Å². The fourth-order valence-electron chi connectivity index (χ4n) is 11.0. The maximum absolute atomic E-state index is 13.9. The van der Waals surface area contributed by atoms with Crippen molar-refractivity contribution in [2.45, 2.75) is 108 Å². The maximum atomic E-state index is 13.9. The SMILES string of the molecule is CNC(=O)c1ccc(NCC#Cc2cc3c(NC4CCN(C(=O)CCCCC(=O)NCc5ccc(-c6c7ncn(CC8(O)CCN(C(=O)C[C@@H](C)c9ccccc9)CC8)c(=O)c7nn6C)cc5)CC4)cccc3n2CC(F)(F)F)c(OC)c1.